The van der Waals surface area contributed by atoms with Crippen LogP contribution in [0.15, 0.2) is 42.5 Å². The van der Waals surface area contributed by atoms with E-state index in [0.717, 1.165) is 24.2 Å². The largest absolute Gasteiger partial charge is 0.395 e. The second-order valence-corrected chi connectivity index (χ2v) is 9.19. The number of pyridine rings is 1. The van der Waals surface area contributed by atoms with E-state index in [1.54, 1.807) is 18.2 Å². The number of hydrogen-bond acceptors (Lipinski definition) is 5. The molecule has 180 valence electrons. The minimum atomic E-state index is -0.581. The van der Waals surface area contributed by atoms with Crippen LogP contribution in [0.3, 0.4) is 0 Å². The van der Waals surface area contributed by atoms with Crippen molar-refractivity contribution in [2.45, 2.75) is 6.42 Å². The molecule has 5 rings (SSSR count). The molecule has 0 bridgehead atoms. The third kappa shape index (κ3) is 4.40. The number of carbonyl (C=O) groups is 2. The number of aromatic nitrogens is 1. The van der Waals surface area contributed by atoms with Crippen molar-refractivity contribution in [1.29, 1.82) is 0 Å². The summed E-state index contributed by atoms with van der Waals surface area (Å²) >= 11 is 5.96. The Kier molecular flexibility index (Phi) is 6.27. The first-order chi connectivity index (χ1) is 16.9. The number of aliphatic hydroxyl groups is 1. The van der Waals surface area contributed by atoms with Crippen LogP contribution in [0, 0.1) is 5.82 Å². The van der Waals surface area contributed by atoms with Crippen molar-refractivity contribution in [2.75, 3.05) is 39.3 Å². The minimum absolute atomic E-state index is 0.0360. The van der Waals surface area contributed by atoms with E-state index in [2.05, 4.69) is 4.90 Å². The predicted molar refractivity (Wildman–Crippen MR) is 131 cm³/mol. The average Bonchev–Trinajstić information content (AvgIpc) is 3.23. The van der Waals surface area contributed by atoms with Gasteiger partial charge in [0.25, 0.3) is 5.91 Å². The quantitative estimate of drug-likeness (QED) is 0.444. The lowest BCUT2D eigenvalue weighted by atomic mass is 10.0. The van der Waals surface area contributed by atoms with Crippen LogP contribution in [0.25, 0.3) is 22.5 Å². The predicted octanol–water partition coefficient (Wildman–Crippen LogP) is 2.96. The molecule has 3 aromatic rings. The van der Waals surface area contributed by atoms with Crippen LogP contribution < -0.4 is 5.73 Å². The van der Waals surface area contributed by atoms with E-state index in [1.807, 2.05) is 17.0 Å². The highest BCUT2D eigenvalue weighted by Gasteiger charge is 2.28. The van der Waals surface area contributed by atoms with Gasteiger partial charge < -0.3 is 15.7 Å². The molecule has 1 saturated heterocycles. The molecule has 2 amide bonds. The van der Waals surface area contributed by atoms with Crippen LogP contribution in [0.1, 0.15) is 31.8 Å². The van der Waals surface area contributed by atoms with E-state index in [-0.39, 0.29) is 17.5 Å². The second-order valence-electron chi connectivity index (χ2n) is 8.78. The fourth-order valence-corrected chi connectivity index (χ4v) is 4.97. The third-order valence-corrected chi connectivity index (χ3v) is 6.95. The van der Waals surface area contributed by atoms with Gasteiger partial charge >= 0.3 is 0 Å². The second kappa shape index (κ2) is 9.37. The number of β-amino-alcohol motifs (C(OH)–C–C–N with tert-alkyl or cyclic N) is 1. The minimum Gasteiger partial charge on any atom is -0.395 e. The number of piperazine rings is 1. The number of nitrogens with two attached hydrogens (primary N) is 1. The molecule has 2 aromatic carbocycles. The van der Waals surface area contributed by atoms with Gasteiger partial charge in [0.1, 0.15) is 5.82 Å². The summed E-state index contributed by atoms with van der Waals surface area (Å²) in [7, 11) is 0. The fourth-order valence-electron chi connectivity index (χ4n) is 4.79. The van der Waals surface area contributed by atoms with Crippen LogP contribution in [0.4, 0.5) is 4.39 Å². The SMILES string of the molecule is NC(=O)c1cc(-c2ccc(F)c(Cl)c2)nc2c1Cc1cc(C(=O)N3CCN(CCO)CC3)ccc1-2. The van der Waals surface area contributed by atoms with Gasteiger partial charge in [0.15, 0.2) is 0 Å². The van der Waals surface area contributed by atoms with Crippen LogP contribution in [0.2, 0.25) is 5.02 Å². The van der Waals surface area contributed by atoms with E-state index in [4.69, 9.17) is 27.4 Å². The van der Waals surface area contributed by atoms with Gasteiger partial charge in [-0.3, -0.25) is 14.5 Å². The average molecular weight is 495 g/mol. The Bertz CT molecular complexity index is 1340. The Labute approximate surface area is 206 Å². The summed E-state index contributed by atoms with van der Waals surface area (Å²) in [5, 5.41) is 9.08. The Morgan fingerprint density at radius 2 is 1.86 bits per heavy atom. The molecule has 35 heavy (non-hydrogen) atoms. The number of benzene rings is 2. The molecule has 0 saturated carbocycles. The number of nitrogens with zero attached hydrogens (tertiary/aromatic N) is 3. The molecular weight excluding hydrogens is 471 g/mol. The number of rotatable bonds is 5. The lowest BCUT2D eigenvalue weighted by molar-refractivity contribution is 0.0614. The Balaban J connectivity index is 1.46. The zero-order valence-corrected chi connectivity index (χ0v) is 19.7. The molecule has 2 aliphatic rings. The highest BCUT2D eigenvalue weighted by Crippen LogP contribution is 2.39. The van der Waals surface area contributed by atoms with Crippen molar-refractivity contribution in [3.8, 4) is 22.5 Å². The van der Waals surface area contributed by atoms with Crippen molar-refractivity contribution >= 4 is 23.4 Å². The van der Waals surface area contributed by atoms with E-state index >= 15 is 0 Å². The summed E-state index contributed by atoms with van der Waals surface area (Å²) in [6, 6.07) is 11.4. The molecule has 2 heterocycles. The highest BCUT2D eigenvalue weighted by atomic mass is 35.5. The van der Waals surface area contributed by atoms with Gasteiger partial charge in [0.05, 0.1) is 23.0 Å². The zero-order valence-electron chi connectivity index (χ0n) is 18.9. The van der Waals surface area contributed by atoms with Gasteiger partial charge in [-0.1, -0.05) is 17.7 Å². The smallest absolute Gasteiger partial charge is 0.253 e. The normalized spacial score (nSPS) is 15.1. The molecule has 1 aliphatic carbocycles. The first-order valence-corrected chi connectivity index (χ1v) is 11.8. The summed E-state index contributed by atoms with van der Waals surface area (Å²) in [5.41, 5.74) is 10.7. The topological polar surface area (TPSA) is 99.8 Å². The summed E-state index contributed by atoms with van der Waals surface area (Å²) < 4.78 is 13.7. The molecule has 9 heteroatoms. The van der Waals surface area contributed by atoms with Crippen LogP contribution in [-0.4, -0.2) is 71.0 Å². The highest BCUT2D eigenvalue weighted by molar-refractivity contribution is 6.31. The fraction of sp³-hybridized carbons (Fsp3) is 0.269. The van der Waals surface area contributed by atoms with Crippen LogP contribution in [-0.2, 0) is 6.42 Å². The van der Waals surface area contributed by atoms with E-state index in [9.17, 15) is 14.0 Å². The maximum Gasteiger partial charge on any atom is 0.253 e. The molecule has 7 nitrogen and oxygen atoms in total. The number of hydrogen-bond donors (Lipinski definition) is 2. The number of carbonyl (C=O) groups excluding carboxylic acids is 2. The third-order valence-electron chi connectivity index (χ3n) is 6.66. The Hall–Kier alpha value is -3.33. The van der Waals surface area contributed by atoms with Gasteiger partial charge in [0, 0.05) is 61.4 Å². The maximum absolute atomic E-state index is 13.7. The molecular formula is C26H24ClFN4O3. The standard InChI is InChI=1S/C26H24ClFN4O3/c27-21-13-15(2-4-22(21)28)23-14-20(25(29)34)19-12-17-11-16(1-3-18(17)24(19)30-23)26(35)32-7-5-31(6-8-32)9-10-33/h1-4,11,13-14,33H,5-10,12H2,(H2,29,34). The Morgan fingerprint density at radius 1 is 1.09 bits per heavy atom. The molecule has 1 fully saturated rings. The monoisotopic (exact) mass is 494 g/mol. The van der Waals surface area contributed by atoms with E-state index in [0.29, 0.717) is 59.7 Å². The number of fused-ring (bicyclic) bond motifs is 3. The zero-order chi connectivity index (χ0) is 24.7. The summed E-state index contributed by atoms with van der Waals surface area (Å²) in [4.78, 5) is 34.1. The van der Waals surface area contributed by atoms with Crippen molar-refractivity contribution in [3.05, 3.63) is 75.6 Å². The molecule has 3 N–H and O–H groups in total. The molecule has 0 unspecified atom stereocenters. The maximum atomic E-state index is 13.7. The van der Waals surface area contributed by atoms with Gasteiger partial charge in [-0.15, -0.1) is 0 Å². The summed E-state index contributed by atoms with van der Waals surface area (Å²) in [6.07, 6.45) is 0.436. The number of primary amides is 1. The van der Waals surface area contributed by atoms with Crippen molar-refractivity contribution in [1.82, 2.24) is 14.8 Å². The first kappa shape index (κ1) is 23.4. The lowest BCUT2D eigenvalue weighted by Crippen LogP contribution is -2.49. The number of aliphatic hydroxyl groups excluding tert-OH is 1. The molecule has 0 atom stereocenters. The van der Waals surface area contributed by atoms with E-state index in [1.165, 1.54) is 12.1 Å². The van der Waals surface area contributed by atoms with Crippen molar-refractivity contribution in [2.24, 2.45) is 5.73 Å². The summed E-state index contributed by atoms with van der Waals surface area (Å²) in [6.45, 7) is 3.38. The molecule has 1 aromatic heterocycles. The van der Waals surface area contributed by atoms with Gasteiger partial charge in [0.2, 0.25) is 5.91 Å². The first-order valence-electron chi connectivity index (χ1n) is 11.4. The van der Waals surface area contributed by atoms with Gasteiger partial charge in [-0.05, 0) is 47.5 Å². The number of halogens is 2. The van der Waals surface area contributed by atoms with Gasteiger partial charge in [-0.2, -0.15) is 0 Å². The molecule has 0 radical (unpaired) electrons. The summed E-state index contributed by atoms with van der Waals surface area (Å²) in [5.74, 6) is -1.16. The Morgan fingerprint density at radius 3 is 2.54 bits per heavy atom. The van der Waals surface area contributed by atoms with Crippen molar-refractivity contribution < 1.29 is 19.1 Å². The van der Waals surface area contributed by atoms with Crippen LogP contribution in [0.5, 0.6) is 0 Å². The van der Waals surface area contributed by atoms with Gasteiger partial charge in [-0.25, -0.2) is 9.37 Å². The van der Waals surface area contributed by atoms with Crippen LogP contribution >= 0.6 is 11.6 Å². The molecule has 0 spiro atoms. The lowest BCUT2D eigenvalue weighted by Gasteiger charge is -2.34. The van der Waals surface area contributed by atoms with Crippen molar-refractivity contribution in [3.63, 3.8) is 0 Å². The molecule has 1 aliphatic heterocycles. The van der Waals surface area contributed by atoms with E-state index < -0.39 is 11.7 Å². The number of amides is 2.